The van der Waals surface area contributed by atoms with Gasteiger partial charge >= 0.3 is 0 Å². The van der Waals surface area contributed by atoms with Gasteiger partial charge in [0.2, 0.25) is 0 Å². The standard InChI is InChI=1S/C36H20BrNOS2/c37-21-17-29-26-9-3-6-12-34(26)41-36(29)30(18-21)38(22-14-16-32-28(19-22)24-7-1-4-10-31(24)39-32)23-13-15-27-25-8-2-5-11-33(25)40-35(27)20-23/h1-20H. The Hall–Kier alpha value is -4.16. The van der Waals surface area contributed by atoms with Crippen LogP contribution in [-0.2, 0) is 0 Å². The lowest BCUT2D eigenvalue weighted by molar-refractivity contribution is 0.669. The molecule has 0 aliphatic heterocycles. The van der Waals surface area contributed by atoms with E-state index in [1.807, 2.05) is 34.8 Å². The van der Waals surface area contributed by atoms with E-state index >= 15 is 0 Å². The minimum absolute atomic E-state index is 0.899. The predicted octanol–water partition coefficient (Wildman–Crippen LogP) is 12.6. The molecule has 0 saturated heterocycles. The van der Waals surface area contributed by atoms with Crippen molar-refractivity contribution in [3.63, 3.8) is 0 Å². The molecule has 194 valence electrons. The number of rotatable bonds is 3. The van der Waals surface area contributed by atoms with E-state index in [-0.39, 0.29) is 0 Å². The van der Waals surface area contributed by atoms with Crippen LogP contribution in [0.15, 0.2) is 130 Å². The van der Waals surface area contributed by atoms with Crippen molar-refractivity contribution in [2.24, 2.45) is 0 Å². The molecule has 0 unspecified atom stereocenters. The van der Waals surface area contributed by atoms with Gasteiger partial charge in [-0.3, -0.25) is 0 Å². The first kappa shape index (κ1) is 23.5. The highest BCUT2D eigenvalue weighted by atomic mass is 79.9. The summed E-state index contributed by atoms with van der Waals surface area (Å²) in [5.41, 5.74) is 5.20. The molecule has 9 aromatic rings. The van der Waals surface area contributed by atoms with Crippen molar-refractivity contribution < 1.29 is 4.42 Å². The molecule has 9 rings (SSSR count). The first-order chi connectivity index (χ1) is 20.2. The lowest BCUT2D eigenvalue weighted by Gasteiger charge is -2.26. The number of halogens is 1. The number of benzene rings is 6. The molecule has 0 bridgehead atoms. The summed E-state index contributed by atoms with van der Waals surface area (Å²) in [7, 11) is 0. The minimum atomic E-state index is 0.899. The molecular weight excluding hydrogens is 606 g/mol. The fourth-order valence-electron chi connectivity index (χ4n) is 6.07. The van der Waals surface area contributed by atoms with Gasteiger partial charge in [0.1, 0.15) is 11.2 Å². The van der Waals surface area contributed by atoms with Crippen molar-refractivity contribution in [1.29, 1.82) is 0 Å². The van der Waals surface area contributed by atoms with Crippen LogP contribution in [0.3, 0.4) is 0 Å². The molecule has 0 N–H and O–H groups in total. The normalized spacial score (nSPS) is 12.0. The average molecular weight is 627 g/mol. The second-order valence-electron chi connectivity index (χ2n) is 10.3. The summed E-state index contributed by atoms with van der Waals surface area (Å²) >= 11 is 7.56. The Morgan fingerprint density at radius 3 is 1.98 bits per heavy atom. The first-order valence-electron chi connectivity index (χ1n) is 13.4. The van der Waals surface area contributed by atoms with E-state index in [0.717, 1.165) is 43.5 Å². The molecule has 6 aromatic carbocycles. The van der Waals surface area contributed by atoms with Crippen molar-refractivity contribution in [2.45, 2.75) is 0 Å². The summed E-state index contributed by atoms with van der Waals surface area (Å²) in [6, 6.07) is 43.6. The van der Waals surface area contributed by atoms with E-state index in [4.69, 9.17) is 4.42 Å². The molecule has 0 radical (unpaired) electrons. The number of anilines is 3. The van der Waals surface area contributed by atoms with E-state index in [1.54, 1.807) is 0 Å². The van der Waals surface area contributed by atoms with Crippen LogP contribution in [0.5, 0.6) is 0 Å². The molecule has 41 heavy (non-hydrogen) atoms. The second-order valence-corrected chi connectivity index (χ2v) is 13.3. The van der Waals surface area contributed by atoms with Crippen molar-refractivity contribution in [3.05, 3.63) is 126 Å². The van der Waals surface area contributed by atoms with Crippen molar-refractivity contribution >= 4 is 118 Å². The molecular formula is C36H20BrNOS2. The van der Waals surface area contributed by atoms with Gasteiger partial charge in [0.05, 0.1) is 10.4 Å². The monoisotopic (exact) mass is 625 g/mol. The van der Waals surface area contributed by atoms with Crippen molar-refractivity contribution in [1.82, 2.24) is 0 Å². The number of hydrogen-bond donors (Lipinski definition) is 0. The molecule has 0 saturated carbocycles. The molecule has 0 fully saturated rings. The third kappa shape index (κ3) is 3.60. The van der Waals surface area contributed by atoms with Gasteiger partial charge in [-0.05, 0) is 60.7 Å². The molecule has 2 nitrogen and oxygen atoms in total. The Bertz CT molecular complexity index is 2470. The predicted molar refractivity (Wildman–Crippen MR) is 182 cm³/mol. The maximum absolute atomic E-state index is 6.20. The van der Waals surface area contributed by atoms with Gasteiger partial charge in [0, 0.05) is 62.3 Å². The maximum atomic E-state index is 6.20. The molecule has 0 atom stereocenters. The number of furan rings is 1. The third-order valence-corrected chi connectivity index (χ3v) is 10.7. The fraction of sp³-hybridized carbons (Fsp3) is 0. The van der Waals surface area contributed by atoms with Gasteiger partial charge in [0.15, 0.2) is 0 Å². The van der Waals surface area contributed by atoms with Crippen LogP contribution in [0.2, 0.25) is 0 Å². The zero-order chi connectivity index (χ0) is 27.1. The molecule has 0 aliphatic rings. The van der Waals surface area contributed by atoms with E-state index in [9.17, 15) is 0 Å². The van der Waals surface area contributed by atoms with Gasteiger partial charge in [-0.1, -0.05) is 76.6 Å². The van der Waals surface area contributed by atoms with Gasteiger partial charge in [-0.2, -0.15) is 0 Å². The van der Waals surface area contributed by atoms with Gasteiger partial charge in [0.25, 0.3) is 0 Å². The summed E-state index contributed by atoms with van der Waals surface area (Å²) in [6.07, 6.45) is 0. The molecule has 0 amide bonds. The molecule has 0 spiro atoms. The largest absolute Gasteiger partial charge is 0.456 e. The van der Waals surface area contributed by atoms with E-state index in [2.05, 4.69) is 130 Å². The molecule has 0 aliphatic carbocycles. The SMILES string of the molecule is Brc1cc(N(c2ccc3c(c2)sc2ccccc23)c2ccc3oc4ccccc4c3c2)c2sc3ccccc3c2c1. The van der Waals surface area contributed by atoms with Crippen LogP contribution in [0.1, 0.15) is 0 Å². The Labute approximate surface area is 251 Å². The number of hydrogen-bond acceptors (Lipinski definition) is 4. The van der Waals surface area contributed by atoms with Crippen molar-refractivity contribution in [3.8, 4) is 0 Å². The first-order valence-corrected chi connectivity index (χ1v) is 15.9. The lowest BCUT2D eigenvalue weighted by Crippen LogP contribution is -2.10. The van der Waals surface area contributed by atoms with Crippen LogP contribution in [-0.4, -0.2) is 0 Å². The highest BCUT2D eigenvalue weighted by Gasteiger charge is 2.21. The Morgan fingerprint density at radius 1 is 0.488 bits per heavy atom. The summed E-state index contributed by atoms with van der Waals surface area (Å²) in [6.45, 7) is 0. The quantitative estimate of drug-likeness (QED) is 0.194. The summed E-state index contributed by atoms with van der Waals surface area (Å²) in [5, 5.41) is 7.40. The van der Waals surface area contributed by atoms with E-state index in [1.165, 1.54) is 40.3 Å². The summed E-state index contributed by atoms with van der Waals surface area (Å²) in [4.78, 5) is 2.41. The fourth-order valence-corrected chi connectivity index (χ4v) is 8.85. The molecule has 5 heteroatoms. The third-order valence-electron chi connectivity index (χ3n) is 7.90. The number of fused-ring (bicyclic) bond motifs is 9. The minimum Gasteiger partial charge on any atom is -0.456 e. The number of thiophene rings is 2. The van der Waals surface area contributed by atoms with E-state index < -0.39 is 0 Å². The Balaban J connectivity index is 1.36. The maximum Gasteiger partial charge on any atom is 0.135 e. The van der Waals surface area contributed by atoms with Gasteiger partial charge in [-0.25, -0.2) is 0 Å². The average Bonchev–Trinajstić information content (AvgIpc) is 3.68. The Morgan fingerprint density at radius 2 is 1.12 bits per heavy atom. The highest BCUT2D eigenvalue weighted by molar-refractivity contribution is 9.10. The second kappa shape index (κ2) is 8.92. The smallest absolute Gasteiger partial charge is 0.135 e. The van der Waals surface area contributed by atoms with Gasteiger partial charge in [-0.15, -0.1) is 22.7 Å². The molecule has 3 heterocycles. The van der Waals surface area contributed by atoms with Crippen LogP contribution >= 0.6 is 38.6 Å². The number of nitrogens with zero attached hydrogens (tertiary/aromatic N) is 1. The Kier molecular flexibility index (Phi) is 5.12. The summed E-state index contributed by atoms with van der Waals surface area (Å²) in [5.74, 6) is 0. The van der Waals surface area contributed by atoms with Crippen LogP contribution in [0, 0.1) is 0 Å². The van der Waals surface area contributed by atoms with Crippen LogP contribution in [0.25, 0.3) is 62.3 Å². The zero-order valence-electron chi connectivity index (χ0n) is 21.6. The summed E-state index contributed by atoms with van der Waals surface area (Å²) < 4.78 is 12.4. The van der Waals surface area contributed by atoms with Gasteiger partial charge < -0.3 is 9.32 Å². The van der Waals surface area contributed by atoms with E-state index in [0.29, 0.717) is 0 Å². The highest BCUT2D eigenvalue weighted by Crippen LogP contribution is 2.48. The number of para-hydroxylation sites is 1. The van der Waals surface area contributed by atoms with Crippen LogP contribution in [0.4, 0.5) is 17.1 Å². The molecule has 3 aromatic heterocycles. The van der Waals surface area contributed by atoms with Crippen LogP contribution < -0.4 is 4.90 Å². The lowest BCUT2D eigenvalue weighted by atomic mass is 10.1. The van der Waals surface area contributed by atoms with Crippen molar-refractivity contribution in [2.75, 3.05) is 4.90 Å². The zero-order valence-corrected chi connectivity index (χ0v) is 24.8. The topological polar surface area (TPSA) is 16.4 Å².